The molecular formula is C10H10IN5OS. The molecule has 1 N–H and O–H groups in total. The predicted octanol–water partition coefficient (Wildman–Crippen LogP) is 1.24. The highest BCUT2D eigenvalue weighted by atomic mass is 127. The Morgan fingerprint density at radius 1 is 1.56 bits per heavy atom. The van der Waals surface area contributed by atoms with Crippen molar-refractivity contribution in [3.8, 4) is 0 Å². The van der Waals surface area contributed by atoms with Gasteiger partial charge in [0.15, 0.2) is 11.5 Å². The maximum Gasteiger partial charge on any atom is 0.228 e. The lowest BCUT2D eigenvalue weighted by Crippen LogP contribution is -2.26. The number of thiol groups is 1. The van der Waals surface area contributed by atoms with Crippen molar-refractivity contribution >= 4 is 58.0 Å². The zero-order valence-corrected chi connectivity index (χ0v) is 12.4. The summed E-state index contributed by atoms with van der Waals surface area (Å²) in [6.45, 7) is 0.662. The lowest BCUT2D eigenvalue weighted by molar-refractivity contribution is -0.117. The molecule has 0 spiro atoms. The topological polar surface area (TPSA) is 74.8 Å². The number of amides is 1. The van der Waals surface area contributed by atoms with Crippen LogP contribution in [0.3, 0.4) is 0 Å². The Balaban J connectivity index is 2.09. The summed E-state index contributed by atoms with van der Waals surface area (Å²) in [6, 6.07) is 0. The zero-order chi connectivity index (χ0) is 12.7. The Kier molecular flexibility index (Phi) is 3.14. The minimum absolute atomic E-state index is 0.0889. The first-order chi connectivity index (χ1) is 8.70. The van der Waals surface area contributed by atoms with Crippen LogP contribution in [0.5, 0.6) is 0 Å². The second kappa shape index (κ2) is 4.65. The van der Waals surface area contributed by atoms with Crippen LogP contribution in [0.15, 0.2) is 6.33 Å². The number of aromatic amines is 1. The van der Waals surface area contributed by atoms with Crippen molar-refractivity contribution in [1.82, 2.24) is 20.2 Å². The second-order valence-corrected chi connectivity index (χ2v) is 5.63. The highest BCUT2D eigenvalue weighted by molar-refractivity contribution is 14.1. The van der Waals surface area contributed by atoms with Gasteiger partial charge >= 0.3 is 0 Å². The molecule has 0 saturated carbocycles. The maximum atomic E-state index is 12.0. The monoisotopic (exact) mass is 375 g/mol. The molecule has 0 radical (unpaired) electrons. The number of rotatable bonds is 2. The SMILES string of the molecule is O=C1CC(CS)CN1c1ncnc2n[nH]c(I)c12. The van der Waals surface area contributed by atoms with Crippen molar-refractivity contribution in [2.24, 2.45) is 5.92 Å². The van der Waals surface area contributed by atoms with Gasteiger partial charge in [-0.1, -0.05) is 0 Å². The zero-order valence-electron chi connectivity index (χ0n) is 9.30. The van der Waals surface area contributed by atoms with E-state index in [2.05, 4.69) is 55.4 Å². The van der Waals surface area contributed by atoms with Crippen molar-refractivity contribution in [1.29, 1.82) is 0 Å². The van der Waals surface area contributed by atoms with E-state index in [0.29, 0.717) is 30.2 Å². The first-order valence-electron chi connectivity index (χ1n) is 5.46. The summed E-state index contributed by atoms with van der Waals surface area (Å²) >= 11 is 6.40. The Hall–Kier alpha value is -0.900. The minimum Gasteiger partial charge on any atom is -0.296 e. The number of nitrogens with zero attached hydrogens (tertiary/aromatic N) is 4. The number of aromatic nitrogens is 4. The third-order valence-corrected chi connectivity index (χ3v) is 4.30. The standard InChI is InChI=1S/C10H10IN5OS/c11-8-7-9(15-14-8)12-4-13-10(7)16-2-5(3-18)1-6(16)17/h4-5,18H,1-3H2,(H,12,13,14,15). The number of anilines is 1. The molecule has 0 bridgehead atoms. The van der Waals surface area contributed by atoms with E-state index in [1.54, 1.807) is 4.90 Å². The predicted molar refractivity (Wildman–Crippen MR) is 78.7 cm³/mol. The molecule has 1 saturated heterocycles. The van der Waals surface area contributed by atoms with Crippen LogP contribution < -0.4 is 4.90 Å². The first kappa shape index (κ1) is 12.2. The van der Waals surface area contributed by atoms with Crippen LogP contribution in [-0.4, -0.2) is 38.4 Å². The molecule has 0 aromatic carbocycles. The van der Waals surface area contributed by atoms with Gasteiger partial charge in [0.1, 0.15) is 10.0 Å². The van der Waals surface area contributed by atoms with Gasteiger partial charge in [-0.3, -0.25) is 14.8 Å². The fourth-order valence-corrected chi connectivity index (χ4v) is 2.97. The Morgan fingerprint density at radius 3 is 3.11 bits per heavy atom. The van der Waals surface area contributed by atoms with Crippen molar-refractivity contribution in [2.45, 2.75) is 6.42 Å². The van der Waals surface area contributed by atoms with Gasteiger partial charge in [0.2, 0.25) is 5.91 Å². The molecule has 1 aliphatic rings. The summed E-state index contributed by atoms with van der Waals surface area (Å²) in [5, 5.41) is 7.75. The molecular weight excluding hydrogens is 365 g/mol. The molecule has 1 amide bonds. The molecule has 1 fully saturated rings. The Morgan fingerprint density at radius 2 is 2.39 bits per heavy atom. The largest absolute Gasteiger partial charge is 0.296 e. The van der Waals surface area contributed by atoms with Crippen molar-refractivity contribution < 1.29 is 4.79 Å². The van der Waals surface area contributed by atoms with Gasteiger partial charge in [-0.25, -0.2) is 9.97 Å². The fraction of sp³-hybridized carbons (Fsp3) is 0.400. The summed E-state index contributed by atoms with van der Waals surface area (Å²) in [5.41, 5.74) is 0.589. The average molecular weight is 375 g/mol. The molecule has 0 aliphatic carbocycles. The van der Waals surface area contributed by atoms with E-state index < -0.39 is 0 Å². The van der Waals surface area contributed by atoms with Gasteiger partial charge in [-0.15, -0.1) is 0 Å². The Bertz CT molecular complexity index is 615. The van der Waals surface area contributed by atoms with E-state index in [4.69, 9.17) is 0 Å². The Labute approximate surface area is 122 Å². The normalized spacial score (nSPS) is 20.0. The molecule has 1 aliphatic heterocycles. The molecule has 18 heavy (non-hydrogen) atoms. The van der Waals surface area contributed by atoms with Gasteiger partial charge in [0.05, 0.1) is 5.39 Å². The van der Waals surface area contributed by atoms with Crippen LogP contribution in [0.1, 0.15) is 6.42 Å². The van der Waals surface area contributed by atoms with E-state index >= 15 is 0 Å². The summed E-state index contributed by atoms with van der Waals surface area (Å²) in [7, 11) is 0. The quantitative estimate of drug-likeness (QED) is 0.612. The molecule has 1 atom stereocenters. The van der Waals surface area contributed by atoms with Crippen LogP contribution in [0, 0.1) is 9.62 Å². The van der Waals surface area contributed by atoms with Crippen molar-refractivity contribution in [2.75, 3.05) is 17.2 Å². The van der Waals surface area contributed by atoms with E-state index in [1.165, 1.54) is 6.33 Å². The lowest BCUT2D eigenvalue weighted by atomic mass is 10.1. The van der Waals surface area contributed by atoms with E-state index in [-0.39, 0.29) is 11.8 Å². The molecule has 1 unspecified atom stereocenters. The molecule has 2 aromatic rings. The summed E-state index contributed by atoms with van der Waals surface area (Å²) in [4.78, 5) is 22.1. The molecule has 2 aromatic heterocycles. The number of H-pyrrole nitrogens is 1. The molecule has 3 heterocycles. The van der Waals surface area contributed by atoms with Gasteiger partial charge in [0.25, 0.3) is 0 Å². The number of nitrogens with one attached hydrogen (secondary N) is 1. The van der Waals surface area contributed by atoms with E-state index in [1.807, 2.05) is 0 Å². The highest BCUT2D eigenvalue weighted by Crippen LogP contribution is 2.30. The van der Waals surface area contributed by atoms with Crippen molar-refractivity contribution in [3.05, 3.63) is 10.0 Å². The van der Waals surface area contributed by atoms with Crippen LogP contribution in [0.25, 0.3) is 11.0 Å². The van der Waals surface area contributed by atoms with Gasteiger partial charge in [-0.2, -0.15) is 17.7 Å². The number of hydrogen-bond acceptors (Lipinski definition) is 5. The first-order valence-corrected chi connectivity index (χ1v) is 7.17. The number of carbonyl (C=O) groups excluding carboxylic acids is 1. The summed E-state index contributed by atoms with van der Waals surface area (Å²) < 4.78 is 0.848. The highest BCUT2D eigenvalue weighted by Gasteiger charge is 2.32. The molecule has 94 valence electrons. The van der Waals surface area contributed by atoms with Gasteiger partial charge in [0, 0.05) is 13.0 Å². The second-order valence-electron chi connectivity index (χ2n) is 4.19. The minimum atomic E-state index is 0.0889. The summed E-state index contributed by atoms with van der Waals surface area (Å²) in [5.74, 6) is 1.73. The number of hydrogen-bond donors (Lipinski definition) is 2. The van der Waals surface area contributed by atoms with Crippen LogP contribution in [-0.2, 0) is 4.79 Å². The van der Waals surface area contributed by atoms with Crippen molar-refractivity contribution in [3.63, 3.8) is 0 Å². The number of fused-ring (bicyclic) bond motifs is 1. The van der Waals surface area contributed by atoms with Crippen LogP contribution in [0.4, 0.5) is 5.82 Å². The summed E-state index contributed by atoms with van der Waals surface area (Å²) in [6.07, 6.45) is 1.97. The average Bonchev–Trinajstić information content (AvgIpc) is 2.93. The number of carbonyl (C=O) groups is 1. The van der Waals surface area contributed by atoms with Crippen LogP contribution in [0.2, 0.25) is 0 Å². The number of halogens is 1. The maximum absolute atomic E-state index is 12.0. The molecule has 3 rings (SSSR count). The molecule has 8 heteroatoms. The lowest BCUT2D eigenvalue weighted by Gasteiger charge is -2.15. The smallest absolute Gasteiger partial charge is 0.228 e. The van der Waals surface area contributed by atoms with E-state index in [9.17, 15) is 4.79 Å². The van der Waals surface area contributed by atoms with Gasteiger partial charge in [-0.05, 0) is 34.3 Å². The third kappa shape index (κ3) is 1.87. The molecule has 6 nitrogen and oxygen atoms in total. The van der Waals surface area contributed by atoms with Gasteiger partial charge < -0.3 is 0 Å². The third-order valence-electron chi connectivity index (χ3n) is 3.01. The van der Waals surface area contributed by atoms with Crippen LogP contribution >= 0.6 is 35.2 Å². The fourth-order valence-electron chi connectivity index (χ4n) is 2.12. The van der Waals surface area contributed by atoms with E-state index in [0.717, 1.165) is 9.09 Å².